The molecule has 144 valence electrons. The van der Waals surface area contributed by atoms with Crippen molar-refractivity contribution in [3.63, 3.8) is 0 Å². The first-order valence-electron chi connectivity index (χ1n) is 8.84. The Morgan fingerprint density at radius 3 is 2.18 bits per heavy atom. The SMILES string of the molecule is O=C(c1ccc(C(F)(F)F)cc1)N(CCc1ccccn1)Cc1ccccc1. The second-order valence-corrected chi connectivity index (χ2v) is 6.36. The van der Waals surface area contributed by atoms with Crippen LogP contribution in [-0.2, 0) is 19.1 Å². The summed E-state index contributed by atoms with van der Waals surface area (Å²) in [5.74, 6) is -0.312. The number of hydrogen-bond donors (Lipinski definition) is 0. The summed E-state index contributed by atoms with van der Waals surface area (Å²) in [7, 11) is 0. The van der Waals surface area contributed by atoms with E-state index in [1.165, 1.54) is 12.1 Å². The molecule has 28 heavy (non-hydrogen) atoms. The molecule has 0 aliphatic heterocycles. The first-order chi connectivity index (χ1) is 13.4. The van der Waals surface area contributed by atoms with E-state index in [1.807, 2.05) is 48.5 Å². The third kappa shape index (κ3) is 5.19. The Labute approximate surface area is 161 Å². The molecule has 1 heterocycles. The molecule has 0 saturated heterocycles. The van der Waals surface area contributed by atoms with Crippen LogP contribution in [0.2, 0.25) is 0 Å². The quantitative estimate of drug-likeness (QED) is 0.600. The van der Waals surface area contributed by atoms with Gasteiger partial charge in [0.1, 0.15) is 0 Å². The van der Waals surface area contributed by atoms with Crippen molar-refractivity contribution in [1.29, 1.82) is 0 Å². The van der Waals surface area contributed by atoms with E-state index >= 15 is 0 Å². The molecule has 3 aromatic rings. The summed E-state index contributed by atoms with van der Waals surface area (Å²) in [5.41, 5.74) is 1.25. The number of carbonyl (C=O) groups is 1. The Kier molecular flexibility index (Phi) is 6.09. The van der Waals surface area contributed by atoms with Gasteiger partial charge in [0.15, 0.2) is 0 Å². The van der Waals surface area contributed by atoms with Gasteiger partial charge in [-0.3, -0.25) is 9.78 Å². The number of hydrogen-bond acceptors (Lipinski definition) is 2. The van der Waals surface area contributed by atoms with E-state index in [0.29, 0.717) is 19.5 Å². The van der Waals surface area contributed by atoms with Crippen molar-refractivity contribution < 1.29 is 18.0 Å². The van der Waals surface area contributed by atoms with Gasteiger partial charge in [-0.05, 0) is 42.0 Å². The second kappa shape index (κ2) is 8.69. The zero-order valence-corrected chi connectivity index (χ0v) is 15.1. The van der Waals surface area contributed by atoms with Gasteiger partial charge >= 0.3 is 6.18 Å². The van der Waals surface area contributed by atoms with Gasteiger partial charge < -0.3 is 4.90 Å². The van der Waals surface area contributed by atoms with E-state index in [1.54, 1.807) is 11.1 Å². The second-order valence-electron chi connectivity index (χ2n) is 6.36. The maximum atomic E-state index is 13.0. The number of carbonyl (C=O) groups excluding carboxylic acids is 1. The van der Waals surface area contributed by atoms with Gasteiger partial charge in [0.25, 0.3) is 5.91 Å². The minimum absolute atomic E-state index is 0.227. The van der Waals surface area contributed by atoms with Gasteiger partial charge in [-0.2, -0.15) is 13.2 Å². The van der Waals surface area contributed by atoms with Crippen LogP contribution in [-0.4, -0.2) is 22.3 Å². The number of alkyl halides is 3. The molecule has 0 saturated carbocycles. The molecule has 0 radical (unpaired) electrons. The van der Waals surface area contributed by atoms with E-state index in [2.05, 4.69) is 4.98 Å². The minimum Gasteiger partial charge on any atom is -0.334 e. The van der Waals surface area contributed by atoms with Crippen LogP contribution >= 0.6 is 0 Å². The predicted molar refractivity (Wildman–Crippen MR) is 101 cm³/mol. The highest BCUT2D eigenvalue weighted by Crippen LogP contribution is 2.29. The Balaban J connectivity index is 1.79. The summed E-state index contributed by atoms with van der Waals surface area (Å²) in [6, 6.07) is 19.4. The Morgan fingerprint density at radius 2 is 1.57 bits per heavy atom. The van der Waals surface area contributed by atoms with Gasteiger partial charge in [-0.25, -0.2) is 0 Å². The summed E-state index contributed by atoms with van der Waals surface area (Å²) in [5, 5.41) is 0. The highest BCUT2D eigenvalue weighted by molar-refractivity contribution is 5.94. The lowest BCUT2D eigenvalue weighted by molar-refractivity contribution is -0.137. The molecule has 0 spiro atoms. The lowest BCUT2D eigenvalue weighted by Gasteiger charge is -2.23. The molecule has 0 fully saturated rings. The van der Waals surface area contributed by atoms with Crippen molar-refractivity contribution in [3.8, 4) is 0 Å². The number of rotatable bonds is 6. The predicted octanol–water partition coefficient (Wildman–Crippen LogP) is 4.99. The van der Waals surface area contributed by atoms with E-state index in [-0.39, 0.29) is 11.5 Å². The number of aromatic nitrogens is 1. The summed E-state index contributed by atoms with van der Waals surface area (Å²) in [6.45, 7) is 0.777. The third-order valence-electron chi connectivity index (χ3n) is 4.33. The van der Waals surface area contributed by atoms with Crippen LogP contribution in [0.25, 0.3) is 0 Å². The van der Waals surface area contributed by atoms with Crippen LogP contribution in [0.4, 0.5) is 13.2 Å². The third-order valence-corrected chi connectivity index (χ3v) is 4.33. The summed E-state index contributed by atoms with van der Waals surface area (Å²) >= 11 is 0. The van der Waals surface area contributed by atoms with Gasteiger partial charge in [0.2, 0.25) is 0 Å². The van der Waals surface area contributed by atoms with Gasteiger partial charge in [-0.15, -0.1) is 0 Å². The lowest BCUT2D eigenvalue weighted by Crippen LogP contribution is -2.32. The molecule has 2 aromatic carbocycles. The van der Waals surface area contributed by atoms with Crippen LogP contribution in [0.3, 0.4) is 0 Å². The van der Waals surface area contributed by atoms with Crippen molar-refractivity contribution in [2.24, 2.45) is 0 Å². The van der Waals surface area contributed by atoms with Crippen molar-refractivity contribution in [2.75, 3.05) is 6.54 Å². The normalized spacial score (nSPS) is 11.2. The van der Waals surface area contributed by atoms with E-state index in [0.717, 1.165) is 23.4 Å². The number of nitrogens with zero attached hydrogens (tertiary/aromatic N) is 2. The average molecular weight is 384 g/mol. The number of halogens is 3. The molecule has 3 nitrogen and oxygen atoms in total. The Morgan fingerprint density at radius 1 is 0.893 bits per heavy atom. The van der Waals surface area contributed by atoms with Crippen molar-refractivity contribution >= 4 is 5.91 Å². The highest BCUT2D eigenvalue weighted by atomic mass is 19.4. The van der Waals surface area contributed by atoms with Crippen molar-refractivity contribution in [1.82, 2.24) is 9.88 Å². The molecule has 0 atom stereocenters. The number of benzene rings is 2. The molecular formula is C22H19F3N2O. The average Bonchev–Trinajstić information content (AvgIpc) is 2.71. The van der Waals surface area contributed by atoms with E-state index in [9.17, 15) is 18.0 Å². The highest BCUT2D eigenvalue weighted by Gasteiger charge is 2.30. The van der Waals surface area contributed by atoms with Crippen LogP contribution in [0.1, 0.15) is 27.2 Å². The zero-order valence-electron chi connectivity index (χ0n) is 15.1. The summed E-state index contributed by atoms with van der Waals surface area (Å²) in [4.78, 5) is 18.9. The van der Waals surface area contributed by atoms with E-state index in [4.69, 9.17) is 0 Å². The molecule has 0 aliphatic carbocycles. The lowest BCUT2D eigenvalue weighted by atomic mass is 10.1. The number of pyridine rings is 1. The standard InChI is InChI=1S/C22H19F3N2O/c23-22(24,25)19-11-9-18(10-12-19)21(28)27(16-17-6-2-1-3-7-17)15-13-20-8-4-5-14-26-20/h1-12,14H,13,15-16H2. The van der Waals surface area contributed by atoms with E-state index < -0.39 is 11.7 Å². The van der Waals surface area contributed by atoms with Crippen LogP contribution in [0.15, 0.2) is 79.0 Å². The molecule has 0 aliphatic rings. The van der Waals surface area contributed by atoms with Crippen LogP contribution < -0.4 is 0 Å². The van der Waals surface area contributed by atoms with Gasteiger partial charge in [-0.1, -0.05) is 36.4 Å². The van der Waals surface area contributed by atoms with Crippen molar-refractivity contribution in [3.05, 3.63) is 101 Å². The van der Waals surface area contributed by atoms with Gasteiger partial charge in [0.05, 0.1) is 5.56 Å². The maximum Gasteiger partial charge on any atom is 0.416 e. The van der Waals surface area contributed by atoms with Crippen molar-refractivity contribution in [2.45, 2.75) is 19.1 Å². The molecule has 1 amide bonds. The smallest absolute Gasteiger partial charge is 0.334 e. The van der Waals surface area contributed by atoms with Crippen LogP contribution in [0, 0.1) is 0 Å². The fourth-order valence-corrected chi connectivity index (χ4v) is 2.84. The molecule has 0 unspecified atom stereocenters. The number of amides is 1. The first kappa shape index (κ1) is 19.6. The fourth-order valence-electron chi connectivity index (χ4n) is 2.84. The monoisotopic (exact) mass is 384 g/mol. The largest absolute Gasteiger partial charge is 0.416 e. The van der Waals surface area contributed by atoms with Gasteiger partial charge in [0, 0.05) is 37.0 Å². The molecule has 3 rings (SSSR count). The fraction of sp³-hybridized carbons (Fsp3) is 0.182. The summed E-state index contributed by atoms with van der Waals surface area (Å²) in [6.07, 6.45) is -2.18. The molecule has 0 bridgehead atoms. The minimum atomic E-state index is -4.43. The molecular weight excluding hydrogens is 365 g/mol. The zero-order chi connectivity index (χ0) is 20.0. The Hall–Kier alpha value is -3.15. The first-order valence-corrected chi connectivity index (χ1v) is 8.84. The molecule has 0 N–H and O–H groups in total. The maximum absolute atomic E-state index is 13.0. The summed E-state index contributed by atoms with van der Waals surface area (Å²) < 4.78 is 38.3. The topological polar surface area (TPSA) is 33.2 Å². The van der Waals surface area contributed by atoms with Crippen LogP contribution in [0.5, 0.6) is 0 Å². The molecule has 6 heteroatoms. The molecule has 1 aromatic heterocycles. The Bertz CT molecular complexity index is 895.